The molecule has 0 bridgehead atoms. The minimum Gasteiger partial charge on any atom is -0.493 e. The molecule has 1 heterocycles. The lowest BCUT2D eigenvalue weighted by Crippen LogP contribution is -2.21. The fraction of sp³-hybridized carbons (Fsp3) is 0.167. The Bertz CT molecular complexity index is 1530. The fourth-order valence-corrected chi connectivity index (χ4v) is 6.26. The summed E-state index contributed by atoms with van der Waals surface area (Å²) < 4.78 is 19.4. The van der Waals surface area contributed by atoms with E-state index >= 15 is 0 Å². The van der Waals surface area contributed by atoms with E-state index in [-0.39, 0.29) is 0 Å². The quantitative estimate of drug-likeness (QED) is 0.215. The van der Waals surface area contributed by atoms with Gasteiger partial charge in [0.05, 0.1) is 38.6 Å². The number of anilines is 3. The molecule has 0 unspecified atom stereocenters. The maximum absolute atomic E-state index is 13.2. The van der Waals surface area contributed by atoms with Crippen LogP contribution in [0.5, 0.6) is 17.2 Å². The Morgan fingerprint density at radius 2 is 1.23 bits per heavy atom. The first-order valence-electron chi connectivity index (χ1n) is 11.9. The second-order valence-electron chi connectivity index (χ2n) is 8.97. The summed E-state index contributed by atoms with van der Waals surface area (Å²) in [7, 11) is 4.64. The first kappa shape index (κ1) is 27.6. The summed E-state index contributed by atoms with van der Waals surface area (Å²) in [5.41, 5.74) is 4.78. The van der Waals surface area contributed by atoms with Crippen molar-refractivity contribution < 1.29 is 24.1 Å². The van der Waals surface area contributed by atoms with Crippen LogP contribution in [0.4, 0.5) is 17.1 Å². The molecule has 0 saturated heterocycles. The fourth-order valence-electron chi connectivity index (χ4n) is 5.24. The summed E-state index contributed by atoms with van der Waals surface area (Å²) in [5.74, 6) is -1.13. The molecule has 0 saturated carbocycles. The van der Waals surface area contributed by atoms with Crippen molar-refractivity contribution in [2.45, 2.75) is 11.8 Å². The van der Waals surface area contributed by atoms with Crippen LogP contribution < -0.4 is 19.1 Å². The van der Waals surface area contributed by atoms with Gasteiger partial charge in [-0.1, -0.05) is 47.8 Å². The van der Waals surface area contributed by atoms with Crippen LogP contribution in [0.2, 0.25) is 0 Å². The third kappa shape index (κ3) is 5.03. The van der Waals surface area contributed by atoms with E-state index in [0.717, 1.165) is 41.6 Å². The van der Waals surface area contributed by atoms with Gasteiger partial charge in [0, 0.05) is 25.0 Å². The van der Waals surface area contributed by atoms with Gasteiger partial charge < -0.3 is 24.2 Å². The zero-order chi connectivity index (χ0) is 27.8. The maximum atomic E-state index is 13.2. The van der Waals surface area contributed by atoms with Crippen molar-refractivity contribution in [2.75, 3.05) is 26.2 Å². The van der Waals surface area contributed by atoms with Crippen LogP contribution in [0.25, 0.3) is 0 Å². The predicted molar refractivity (Wildman–Crippen MR) is 163 cm³/mol. The van der Waals surface area contributed by atoms with E-state index in [0.29, 0.717) is 22.8 Å². The highest BCUT2D eigenvalue weighted by atomic mass is 79.9. The van der Waals surface area contributed by atoms with Crippen LogP contribution in [0.1, 0.15) is 28.5 Å². The molecule has 0 fully saturated rings. The van der Waals surface area contributed by atoms with Crippen LogP contribution in [0.15, 0.2) is 86.2 Å². The lowest BCUT2D eigenvalue weighted by atomic mass is 9.77. The van der Waals surface area contributed by atoms with E-state index in [4.69, 9.17) is 14.2 Å². The Labute approximate surface area is 251 Å². The monoisotopic (exact) mass is 715 g/mol. The van der Waals surface area contributed by atoms with Crippen LogP contribution in [0.3, 0.4) is 0 Å². The average Bonchev–Trinajstić information content (AvgIpc) is 3.04. The summed E-state index contributed by atoms with van der Waals surface area (Å²) in [4.78, 5) is 15.4. The Balaban J connectivity index is 1.90. The topological polar surface area (TPSA) is 68.2 Å². The molecule has 4 aromatic carbocycles. The summed E-state index contributed by atoms with van der Waals surface area (Å²) >= 11 is 10.8. The number of hydrogen-bond acceptors (Lipinski definition) is 5. The van der Waals surface area contributed by atoms with E-state index < -0.39 is 17.8 Å². The molecule has 1 aliphatic heterocycles. The molecule has 6 nitrogen and oxygen atoms in total. The lowest BCUT2D eigenvalue weighted by Gasteiger charge is -2.28. The molecular weight excluding hydrogens is 694 g/mol. The molecule has 4 aromatic rings. The summed E-state index contributed by atoms with van der Waals surface area (Å²) in [6.07, 6.45) is 0. The minimum atomic E-state index is -0.948. The number of benzene rings is 4. The van der Waals surface area contributed by atoms with Gasteiger partial charge in [-0.2, -0.15) is 0 Å². The van der Waals surface area contributed by atoms with Gasteiger partial charge in [-0.15, -0.1) is 0 Å². The summed E-state index contributed by atoms with van der Waals surface area (Å²) in [6.45, 7) is 0. The van der Waals surface area contributed by atoms with E-state index in [1.165, 1.54) is 0 Å². The first-order chi connectivity index (χ1) is 18.8. The number of halogens is 3. The molecule has 0 aromatic heterocycles. The van der Waals surface area contributed by atoms with E-state index in [2.05, 4.69) is 52.7 Å². The Hall–Kier alpha value is -3.01. The average molecular weight is 718 g/mol. The predicted octanol–water partition coefficient (Wildman–Crippen LogP) is 8.78. The zero-order valence-corrected chi connectivity index (χ0v) is 26.0. The third-order valence-electron chi connectivity index (χ3n) is 6.86. The van der Waals surface area contributed by atoms with E-state index in [1.807, 2.05) is 72.8 Å². The molecule has 2 atom stereocenters. The number of aliphatic carboxylic acids is 1. The Morgan fingerprint density at radius 1 is 0.718 bits per heavy atom. The molecule has 5 rings (SSSR count). The van der Waals surface area contributed by atoms with Crippen molar-refractivity contribution in [3.8, 4) is 17.2 Å². The normalized spacial score (nSPS) is 16.1. The highest BCUT2D eigenvalue weighted by Crippen LogP contribution is 2.55. The molecule has 0 amide bonds. The van der Waals surface area contributed by atoms with Gasteiger partial charge in [-0.25, -0.2) is 0 Å². The van der Waals surface area contributed by atoms with Crippen molar-refractivity contribution in [3.63, 3.8) is 0 Å². The SMILES string of the molecule is COc1cc([C@H]2c3cc(Br)ccc3N(c3ccc(Br)cc3)c3ccc(Br)cc3[C@H]2C(=O)O)cc(OC)c1OC. The number of hydrogen-bond donors (Lipinski definition) is 1. The molecule has 9 heteroatoms. The standard InChI is InChI=1S/C30H24Br3NO5/c1-37-25-12-16(13-26(38-2)29(25)39-3)27-21-14-18(32)6-10-23(21)34(20-8-4-17(31)5-9-20)24-11-7-19(33)15-22(24)28(27)30(35)36/h4-15,27-28H,1-3H3,(H,35,36)/t27-,28+/m0/s1. The molecule has 0 radical (unpaired) electrons. The minimum absolute atomic E-state index is 0.443. The lowest BCUT2D eigenvalue weighted by molar-refractivity contribution is -0.139. The molecule has 0 aliphatic carbocycles. The molecule has 1 N–H and O–H groups in total. The number of rotatable bonds is 6. The number of methoxy groups -OCH3 is 3. The number of carboxylic acid groups (broad SMARTS) is 1. The molecule has 0 spiro atoms. The van der Waals surface area contributed by atoms with Crippen molar-refractivity contribution in [1.29, 1.82) is 0 Å². The second kappa shape index (κ2) is 11.2. The van der Waals surface area contributed by atoms with Gasteiger partial charge in [-0.05, 0) is 89.5 Å². The van der Waals surface area contributed by atoms with Crippen molar-refractivity contribution in [3.05, 3.63) is 103 Å². The number of carbonyl (C=O) groups is 1. The van der Waals surface area contributed by atoms with Crippen molar-refractivity contribution >= 4 is 70.8 Å². The van der Waals surface area contributed by atoms with Gasteiger partial charge >= 0.3 is 5.97 Å². The number of fused-ring (bicyclic) bond motifs is 2. The second-order valence-corrected chi connectivity index (χ2v) is 11.7. The van der Waals surface area contributed by atoms with E-state index in [9.17, 15) is 9.90 Å². The van der Waals surface area contributed by atoms with Gasteiger partial charge in [0.1, 0.15) is 0 Å². The van der Waals surface area contributed by atoms with Crippen LogP contribution in [-0.4, -0.2) is 32.4 Å². The molecule has 200 valence electrons. The summed E-state index contributed by atoms with van der Waals surface area (Å²) in [5, 5.41) is 10.8. The van der Waals surface area contributed by atoms with Gasteiger partial charge in [0.15, 0.2) is 11.5 Å². The van der Waals surface area contributed by atoms with Gasteiger partial charge in [0.2, 0.25) is 5.75 Å². The number of carboxylic acids is 1. The van der Waals surface area contributed by atoms with Crippen LogP contribution in [0, 0.1) is 0 Å². The molecule has 39 heavy (non-hydrogen) atoms. The number of nitrogens with zero attached hydrogens (tertiary/aromatic N) is 1. The largest absolute Gasteiger partial charge is 0.493 e. The van der Waals surface area contributed by atoms with Crippen LogP contribution >= 0.6 is 47.8 Å². The highest BCUT2D eigenvalue weighted by molar-refractivity contribution is 9.11. The van der Waals surface area contributed by atoms with Crippen LogP contribution in [-0.2, 0) is 4.79 Å². The third-order valence-corrected chi connectivity index (χ3v) is 8.38. The molecule has 1 aliphatic rings. The van der Waals surface area contributed by atoms with Crippen molar-refractivity contribution in [2.24, 2.45) is 0 Å². The highest BCUT2D eigenvalue weighted by Gasteiger charge is 2.41. The Kier molecular flexibility index (Phi) is 7.94. The summed E-state index contributed by atoms with van der Waals surface area (Å²) in [6, 6.07) is 23.4. The zero-order valence-electron chi connectivity index (χ0n) is 21.2. The van der Waals surface area contributed by atoms with Gasteiger partial charge in [-0.3, -0.25) is 4.79 Å². The van der Waals surface area contributed by atoms with Gasteiger partial charge in [0.25, 0.3) is 0 Å². The maximum Gasteiger partial charge on any atom is 0.312 e. The Morgan fingerprint density at radius 3 is 1.74 bits per heavy atom. The first-order valence-corrected chi connectivity index (χ1v) is 14.3. The van der Waals surface area contributed by atoms with Crippen molar-refractivity contribution in [1.82, 2.24) is 0 Å². The van der Waals surface area contributed by atoms with E-state index in [1.54, 1.807) is 21.3 Å². The molecular formula is C30H24Br3NO5. The number of ether oxygens (including phenoxy) is 3. The smallest absolute Gasteiger partial charge is 0.312 e.